The molecule has 0 spiro atoms. The minimum atomic E-state index is -0.625. The topological polar surface area (TPSA) is 114 Å². The van der Waals surface area contributed by atoms with E-state index in [1.165, 1.54) is 35.2 Å². The lowest BCUT2D eigenvalue weighted by atomic mass is 10.1. The van der Waals surface area contributed by atoms with Crippen LogP contribution in [0.15, 0.2) is 113 Å². The number of halogens is 1. The number of anilines is 2. The van der Waals surface area contributed by atoms with Crippen LogP contribution in [0.3, 0.4) is 0 Å². The molecular formula is C30H21ClN4O4S2. The number of non-ortho nitro benzene ring substituents is 1. The molecule has 1 atom stereocenters. The molecule has 0 aliphatic carbocycles. The molecule has 0 saturated carbocycles. The van der Waals surface area contributed by atoms with E-state index in [9.17, 15) is 19.7 Å². The minimum absolute atomic E-state index is 0.0346. The number of thioether (sulfide) groups is 1. The Morgan fingerprint density at radius 3 is 2.46 bits per heavy atom. The normalized spacial score (nSPS) is 11.4. The molecule has 2 amide bonds. The maximum atomic E-state index is 13.5. The Morgan fingerprint density at radius 1 is 0.902 bits per heavy atom. The number of nitro benzene ring substituents is 1. The molecule has 0 fully saturated rings. The van der Waals surface area contributed by atoms with Gasteiger partial charge in [0.1, 0.15) is 5.25 Å². The minimum Gasteiger partial charge on any atom is -0.322 e. The van der Waals surface area contributed by atoms with Crippen LogP contribution in [-0.4, -0.2) is 21.7 Å². The number of amides is 2. The lowest BCUT2D eigenvalue weighted by Crippen LogP contribution is -2.19. The van der Waals surface area contributed by atoms with Gasteiger partial charge in [0.25, 0.3) is 11.6 Å². The zero-order valence-electron chi connectivity index (χ0n) is 21.2. The van der Waals surface area contributed by atoms with Crippen LogP contribution in [0.1, 0.15) is 21.2 Å². The van der Waals surface area contributed by atoms with Crippen molar-refractivity contribution in [3.05, 3.63) is 135 Å². The molecule has 0 radical (unpaired) electrons. The SMILES string of the molecule is O=C(Nc1cccc(SC(C(=O)Nc2nc(-c3cccc([N+](=O)[O-])c3)cs2)c2ccccc2)c1)c1cccc(Cl)c1. The molecule has 0 aliphatic rings. The third kappa shape index (κ3) is 7.17. The van der Waals surface area contributed by atoms with Crippen molar-refractivity contribution in [1.82, 2.24) is 4.98 Å². The molecule has 204 valence electrons. The number of carbonyl (C=O) groups excluding carboxylic acids is 2. The third-order valence-corrected chi connectivity index (χ3v) is 8.10. The number of nitro groups is 1. The summed E-state index contributed by atoms with van der Waals surface area (Å²) >= 11 is 8.59. The van der Waals surface area contributed by atoms with E-state index in [0.717, 1.165) is 10.5 Å². The second kappa shape index (κ2) is 12.8. The summed E-state index contributed by atoms with van der Waals surface area (Å²) in [7, 11) is 0. The fraction of sp³-hybridized carbons (Fsp3) is 0.0333. The van der Waals surface area contributed by atoms with Gasteiger partial charge in [-0.3, -0.25) is 19.7 Å². The Hall–Kier alpha value is -4.51. The molecule has 2 N–H and O–H groups in total. The van der Waals surface area contributed by atoms with Gasteiger partial charge in [-0.05, 0) is 42.0 Å². The summed E-state index contributed by atoms with van der Waals surface area (Å²) in [6.45, 7) is 0. The molecule has 8 nitrogen and oxygen atoms in total. The molecule has 0 bridgehead atoms. The van der Waals surface area contributed by atoms with E-state index < -0.39 is 10.2 Å². The van der Waals surface area contributed by atoms with Crippen LogP contribution in [0, 0.1) is 10.1 Å². The first kappa shape index (κ1) is 28.0. The van der Waals surface area contributed by atoms with E-state index in [4.69, 9.17) is 11.6 Å². The maximum Gasteiger partial charge on any atom is 0.270 e. The maximum absolute atomic E-state index is 13.5. The van der Waals surface area contributed by atoms with Gasteiger partial charge < -0.3 is 10.6 Å². The van der Waals surface area contributed by atoms with Gasteiger partial charge >= 0.3 is 0 Å². The quantitative estimate of drug-likeness (QED) is 0.100. The number of hydrogen-bond donors (Lipinski definition) is 2. The molecule has 0 saturated heterocycles. The number of hydrogen-bond acceptors (Lipinski definition) is 7. The van der Waals surface area contributed by atoms with Gasteiger partial charge in [-0.25, -0.2) is 4.98 Å². The number of aromatic nitrogens is 1. The third-order valence-electron chi connectivity index (χ3n) is 5.86. The van der Waals surface area contributed by atoms with Gasteiger partial charge in [0.2, 0.25) is 5.91 Å². The van der Waals surface area contributed by atoms with E-state index >= 15 is 0 Å². The van der Waals surface area contributed by atoms with Crippen molar-refractivity contribution < 1.29 is 14.5 Å². The summed E-state index contributed by atoms with van der Waals surface area (Å²) in [5.41, 5.74) is 2.88. The van der Waals surface area contributed by atoms with Gasteiger partial charge in [0.05, 0.1) is 10.6 Å². The van der Waals surface area contributed by atoms with Crippen LogP contribution in [0.2, 0.25) is 5.02 Å². The number of thiazole rings is 1. The van der Waals surface area contributed by atoms with Gasteiger partial charge in [0.15, 0.2) is 5.13 Å². The van der Waals surface area contributed by atoms with E-state index in [1.807, 2.05) is 42.5 Å². The molecule has 5 rings (SSSR count). The molecule has 1 unspecified atom stereocenters. The predicted molar refractivity (Wildman–Crippen MR) is 164 cm³/mol. The molecule has 0 aliphatic heterocycles. The van der Waals surface area contributed by atoms with Crippen molar-refractivity contribution in [2.24, 2.45) is 0 Å². The van der Waals surface area contributed by atoms with Crippen LogP contribution in [0.25, 0.3) is 11.3 Å². The first-order chi connectivity index (χ1) is 19.9. The second-order valence-corrected chi connectivity index (χ2v) is 11.2. The summed E-state index contributed by atoms with van der Waals surface area (Å²) in [4.78, 5) is 42.2. The Balaban J connectivity index is 1.34. The van der Waals surface area contributed by atoms with Crippen LogP contribution < -0.4 is 10.6 Å². The second-order valence-electron chi connectivity index (χ2n) is 8.74. The Kier molecular flexibility index (Phi) is 8.73. The first-order valence-corrected chi connectivity index (χ1v) is 14.4. The largest absolute Gasteiger partial charge is 0.322 e. The lowest BCUT2D eigenvalue weighted by molar-refractivity contribution is -0.384. The highest BCUT2D eigenvalue weighted by Crippen LogP contribution is 2.38. The summed E-state index contributed by atoms with van der Waals surface area (Å²) in [5.74, 6) is -0.579. The highest BCUT2D eigenvalue weighted by Gasteiger charge is 2.24. The van der Waals surface area contributed by atoms with Crippen LogP contribution in [-0.2, 0) is 4.79 Å². The number of rotatable bonds is 9. The van der Waals surface area contributed by atoms with Crippen LogP contribution >= 0.6 is 34.7 Å². The molecule has 5 aromatic rings. The number of carbonyl (C=O) groups is 2. The van der Waals surface area contributed by atoms with Crippen molar-refractivity contribution in [3.8, 4) is 11.3 Å². The van der Waals surface area contributed by atoms with Gasteiger partial charge in [-0.1, -0.05) is 66.2 Å². The molecule has 4 aromatic carbocycles. The van der Waals surface area contributed by atoms with E-state index in [0.29, 0.717) is 32.7 Å². The molecule has 1 aromatic heterocycles. The molecular weight excluding hydrogens is 580 g/mol. The van der Waals surface area contributed by atoms with Crippen molar-refractivity contribution in [1.29, 1.82) is 0 Å². The van der Waals surface area contributed by atoms with Gasteiger partial charge in [-0.2, -0.15) is 0 Å². The standard InChI is InChI=1S/C30H21ClN4O4S2/c31-22-11-4-10-21(15-22)28(36)32-23-12-6-14-25(17-23)41-27(19-7-2-1-3-8-19)29(37)34-30-33-26(18-40-30)20-9-5-13-24(16-20)35(38)39/h1-18,27H,(H,32,36)(H,33,34,37). The highest BCUT2D eigenvalue weighted by atomic mass is 35.5. The van der Waals surface area contributed by atoms with Crippen LogP contribution in [0.5, 0.6) is 0 Å². The summed E-state index contributed by atoms with van der Waals surface area (Å²) < 4.78 is 0. The van der Waals surface area contributed by atoms with Crippen molar-refractivity contribution in [2.45, 2.75) is 10.1 Å². The average Bonchev–Trinajstić information content (AvgIpc) is 3.45. The van der Waals surface area contributed by atoms with Crippen molar-refractivity contribution >= 4 is 63.0 Å². The number of nitrogens with zero attached hydrogens (tertiary/aromatic N) is 2. The predicted octanol–water partition coefficient (Wildman–Crippen LogP) is 8.10. The Morgan fingerprint density at radius 2 is 1.68 bits per heavy atom. The molecule has 11 heteroatoms. The van der Waals surface area contributed by atoms with Crippen molar-refractivity contribution in [2.75, 3.05) is 10.6 Å². The Labute approximate surface area is 248 Å². The summed E-state index contributed by atoms with van der Waals surface area (Å²) in [6.07, 6.45) is 0. The molecule has 41 heavy (non-hydrogen) atoms. The van der Waals surface area contributed by atoms with E-state index in [1.54, 1.807) is 53.9 Å². The van der Waals surface area contributed by atoms with Gasteiger partial charge in [0, 0.05) is 44.2 Å². The van der Waals surface area contributed by atoms with Crippen molar-refractivity contribution in [3.63, 3.8) is 0 Å². The smallest absolute Gasteiger partial charge is 0.270 e. The highest BCUT2D eigenvalue weighted by molar-refractivity contribution is 8.00. The zero-order chi connectivity index (χ0) is 28.8. The number of benzene rings is 4. The van der Waals surface area contributed by atoms with Gasteiger partial charge in [-0.15, -0.1) is 23.1 Å². The summed E-state index contributed by atoms with van der Waals surface area (Å²) in [6, 6.07) is 29.5. The van der Waals surface area contributed by atoms with E-state index in [2.05, 4.69) is 15.6 Å². The Bertz CT molecular complexity index is 1730. The zero-order valence-corrected chi connectivity index (χ0v) is 23.6. The monoisotopic (exact) mass is 600 g/mol. The molecule has 1 heterocycles. The van der Waals surface area contributed by atoms with E-state index in [-0.39, 0.29) is 17.5 Å². The van der Waals surface area contributed by atoms with Crippen LogP contribution in [0.4, 0.5) is 16.5 Å². The average molecular weight is 601 g/mol. The fourth-order valence-corrected chi connectivity index (χ4v) is 5.93. The summed E-state index contributed by atoms with van der Waals surface area (Å²) in [5, 5.41) is 18.9. The first-order valence-electron chi connectivity index (χ1n) is 12.3. The lowest BCUT2D eigenvalue weighted by Gasteiger charge is -2.17. The fourth-order valence-electron chi connectivity index (χ4n) is 3.93. The number of nitrogens with one attached hydrogen (secondary N) is 2.